The second-order valence-corrected chi connectivity index (χ2v) is 29.2. The summed E-state index contributed by atoms with van der Waals surface area (Å²) in [5.41, 5.74) is 0. The summed E-state index contributed by atoms with van der Waals surface area (Å²) in [6, 6.07) is 0. The number of carbonyl (C=O) groups excluding carboxylic acids is 4. The van der Waals surface area contributed by atoms with Gasteiger partial charge in [0.1, 0.15) is 19.3 Å². The molecule has 0 aliphatic carbocycles. The molecular weight excluding hydrogens is 1280 g/mol. The summed E-state index contributed by atoms with van der Waals surface area (Å²) in [7, 11) is -9.95. The molecule has 5 atom stereocenters. The summed E-state index contributed by atoms with van der Waals surface area (Å²) in [6.45, 7) is 4.80. The molecule has 0 aromatic carbocycles. The number of allylic oxidation sites excluding steroid dienone is 12. The highest BCUT2D eigenvalue weighted by molar-refractivity contribution is 7.47. The third kappa shape index (κ3) is 70.9. The molecule has 0 saturated heterocycles. The number of hydrogen-bond donors (Lipinski definition) is 3. The van der Waals surface area contributed by atoms with Gasteiger partial charge in [0.15, 0.2) is 12.2 Å². The van der Waals surface area contributed by atoms with Gasteiger partial charge in [-0.05, 0) is 141 Å². The van der Waals surface area contributed by atoms with Crippen LogP contribution in [0.2, 0.25) is 0 Å². The molecular formula is C79H142O17P2. The van der Waals surface area contributed by atoms with E-state index in [4.69, 9.17) is 37.0 Å². The number of aliphatic hydroxyl groups is 1. The van der Waals surface area contributed by atoms with Crippen molar-refractivity contribution in [3.63, 3.8) is 0 Å². The Kier molecular flexibility index (Phi) is 69.3. The molecule has 0 radical (unpaired) electrons. The quantitative estimate of drug-likeness (QED) is 0.0169. The smallest absolute Gasteiger partial charge is 0.462 e. The number of esters is 4. The molecule has 3 N–H and O–H groups in total. The Morgan fingerprint density at radius 2 is 0.500 bits per heavy atom. The van der Waals surface area contributed by atoms with Gasteiger partial charge in [0.25, 0.3) is 0 Å². The standard InChI is InChI=1S/C79H142O17P2/c1-5-9-13-17-21-25-29-33-36-40-43-47-51-55-59-63-76(81)89-69-74(95-78(83)65-61-57-53-49-45-39-32-28-24-20-16-12-8-4)71-93-97(85,86)91-67-73(80)68-92-98(87,88)94-72-75(96-79(84)66-62-58-54-50-46-42-38-35-31-27-23-19-15-11-7-3)70-90-77(82)64-60-56-52-48-44-41-37-34-30-26-22-18-14-10-6-2/h21-22,25-26,28,32-38,73-75,80H,5-20,23-24,27,29-31,39-72H2,1-4H3,(H,85,86)(H,87,88)/b25-21-,26-22-,32-28-,36-33-,37-34-,38-35-/t73-,74+,75+/m0/s1. The van der Waals surface area contributed by atoms with Crippen LogP contribution in [0.1, 0.15) is 349 Å². The lowest BCUT2D eigenvalue weighted by Crippen LogP contribution is -2.30. The molecule has 0 saturated carbocycles. The molecule has 19 heteroatoms. The Labute approximate surface area is 596 Å². The minimum absolute atomic E-state index is 0.0839. The van der Waals surface area contributed by atoms with E-state index in [0.29, 0.717) is 25.7 Å². The maximum atomic E-state index is 13.1. The van der Waals surface area contributed by atoms with Gasteiger partial charge in [-0.2, -0.15) is 0 Å². The van der Waals surface area contributed by atoms with E-state index in [1.807, 2.05) is 0 Å². The minimum atomic E-state index is -4.98. The van der Waals surface area contributed by atoms with Gasteiger partial charge >= 0.3 is 39.5 Å². The third-order valence-electron chi connectivity index (χ3n) is 16.6. The van der Waals surface area contributed by atoms with Crippen LogP contribution in [0, 0.1) is 0 Å². The molecule has 0 aliphatic rings. The van der Waals surface area contributed by atoms with Crippen LogP contribution in [0.25, 0.3) is 0 Å². The molecule has 0 fully saturated rings. The maximum absolute atomic E-state index is 13.1. The number of ether oxygens (including phenoxy) is 4. The number of phosphoric ester groups is 2. The van der Waals surface area contributed by atoms with Crippen LogP contribution in [-0.2, 0) is 65.4 Å². The highest BCUT2D eigenvalue weighted by Crippen LogP contribution is 2.45. The van der Waals surface area contributed by atoms with Crippen molar-refractivity contribution in [2.75, 3.05) is 39.6 Å². The summed E-state index contributed by atoms with van der Waals surface area (Å²) >= 11 is 0. The average molecular weight is 1430 g/mol. The topological polar surface area (TPSA) is 237 Å². The van der Waals surface area contributed by atoms with Crippen LogP contribution in [0.3, 0.4) is 0 Å². The van der Waals surface area contributed by atoms with E-state index >= 15 is 0 Å². The highest BCUT2D eigenvalue weighted by Gasteiger charge is 2.30. The van der Waals surface area contributed by atoms with Gasteiger partial charge in [0.05, 0.1) is 26.4 Å². The van der Waals surface area contributed by atoms with Crippen molar-refractivity contribution in [2.45, 2.75) is 367 Å². The van der Waals surface area contributed by atoms with Crippen LogP contribution in [-0.4, -0.2) is 96.7 Å². The monoisotopic (exact) mass is 1420 g/mol. The molecule has 570 valence electrons. The SMILES string of the molecule is CCCCC/C=C\C/C=C\CCCCCCCC(=O)OC[C@H](COP(=O)(O)OC[C@H](O)COP(=O)(O)OC[C@@H](COC(=O)CCCCCCC/C=C\C/C=C\CCCCC)OC(=O)CCCCCCC/C=C\CCCCCCCC)OC(=O)CCCCCCC/C=C\CCCCCC. The van der Waals surface area contributed by atoms with Crippen LogP contribution in [0.4, 0.5) is 0 Å². The molecule has 98 heavy (non-hydrogen) atoms. The number of hydrogen-bond acceptors (Lipinski definition) is 15. The van der Waals surface area contributed by atoms with Gasteiger partial charge in [0.2, 0.25) is 0 Å². The molecule has 0 rings (SSSR count). The minimum Gasteiger partial charge on any atom is -0.462 e. The molecule has 17 nitrogen and oxygen atoms in total. The van der Waals surface area contributed by atoms with E-state index in [2.05, 4.69) is 101 Å². The van der Waals surface area contributed by atoms with Crippen LogP contribution in [0.5, 0.6) is 0 Å². The summed E-state index contributed by atoms with van der Waals surface area (Å²) in [5, 5.41) is 10.6. The van der Waals surface area contributed by atoms with Gasteiger partial charge in [0, 0.05) is 25.7 Å². The predicted octanol–water partition coefficient (Wildman–Crippen LogP) is 22.4. The van der Waals surface area contributed by atoms with E-state index in [0.717, 1.165) is 167 Å². The highest BCUT2D eigenvalue weighted by atomic mass is 31.2. The summed E-state index contributed by atoms with van der Waals surface area (Å²) in [5.74, 6) is -2.20. The van der Waals surface area contributed by atoms with Gasteiger partial charge < -0.3 is 33.8 Å². The fourth-order valence-electron chi connectivity index (χ4n) is 10.6. The van der Waals surface area contributed by atoms with Crippen molar-refractivity contribution < 1.29 is 80.2 Å². The van der Waals surface area contributed by atoms with Crippen molar-refractivity contribution in [2.24, 2.45) is 0 Å². The van der Waals surface area contributed by atoms with Crippen molar-refractivity contribution in [1.29, 1.82) is 0 Å². The molecule has 0 aliphatic heterocycles. The third-order valence-corrected chi connectivity index (χ3v) is 18.5. The molecule has 0 bridgehead atoms. The molecule has 2 unspecified atom stereocenters. The molecule has 0 amide bonds. The number of phosphoric acid groups is 2. The number of rotatable bonds is 74. The van der Waals surface area contributed by atoms with E-state index in [1.54, 1.807) is 0 Å². The van der Waals surface area contributed by atoms with Crippen molar-refractivity contribution in [1.82, 2.24) is 0 Å². The van der Waals surface area contributed by atoms with E-state index in [-0.39, 0.29) is 25.7 Å². The van der Waals surface area contributed by atoms with E-state index in [9.17, 15) is 43.2 Å². The van der Waals surface area contributed by atoms with Crippen LogP contribution < -0.4 is 0 Å². The van der Waals surface area contributed by atoms with Gasteiger partial charge in [-0.25, -0.2) is 9.13 Å². The Morgan fingerprint density at radius 1 is 0.286 bits per heavy atom. The zero-order valence-electron chi connectivity index (χ0n) is 62.2. The lowest BCUT2D eigenvalue weighted by atomic mass is 10.1. The Balaban J connectivity index is 5.36. The second kappa shape index (κ2) is 71.9. The van der Waals surface area contributed by atoms with Crippen LogP contribution >= 0.6 is 15.6 Å². The Hall–Kier alpha value is -3.50. The van der Waals surface area contributed by atoms with E-state index in [1.165, 1.54) is 103 Å². The average Bonchev–Trinajstić information content (AvgIpc) is 0.959. The normalized spacial score (nSPS) is 14.3. The Bertz CT molecular complexity index is 2140. The zero-order chi connectivity index (χ0) is 71.8. The molecule has 0 heterocycles. The molecule has 0 aromatic heterocycles. The first-order valence-corrected chi connectivity index (χ1v) is 42.2. The second-order valence-electron chi connectivity index (χ2n) is 26.3. The summed E-state index contributed by atoms with van der Waals surface area (Å²) < 4.78 is 68.5. The first-order chi connectivity index (χ1) is 47.7. The van der Waals surface area contributed by atoms with Crippen LogP contribution in [0.15, 0.2) is 72.9 Å². The zero-order valence-corrected chi connectivity index (χ0v) is 64.0. The first-order valence-electron chi connectivity index (χ1n) is 39.2. The predicted molar refractivity (Wildman–Crippen MR) is 400 cm³/mol. The van der Waals surface area contributed by atoms with Gasteiger partial charge in [-0.3, -0.25) is 37.3 Å². The fourth-order valence-corrected chi connectivity index (χ4v) is 12.1. The Morgan fingerprint density at radius 3 is 0.796 bits per heavy atom. The van der Waals surface area contributed by atoms with Gasteiger partial charge in [-0.15, -0.1) is 0 Å². The molecule has 0 spiro atoms. The fraction of sp³-hybridized carbons (Fsp3) is 0.797. The number of aliphatic hydroxyl groups excluding tert-OH is 1. The maximum Gasteiger partial charge on any atom is 0.472 e. The van der Waals surface area contributed by atoms with Crippen molar-refractivity contribution in [3.8, 4) is 0 Å². The van der Waals surface area contributed by atoms with Crippen molar-refractivity contribution >= 4 is 39.5 Å². The lowest BCUT2D eigenvalue weighted by molar-refractivity contribution is -0.161. The summed E-state index contributed by atoms with van der Waals surface area (Å²) in [4.78, 5) is 72.9. The number of unbranched alkanes of at least 4 members (excludes halogenated alkanes) is 36. The summed E-state index contributed by atoms with van der Waals surface area (Å²) in [6.07, 6.45) is 71.6. The molecule has 0 aromatic rings. The largest absolute Gasteiger partial charge is 0.472 e. The van der Waals surface area contributed by atoms with E-state index < -0.39 is 97.5 Å². The lowest BCUT2D eigenvalue weighted by Gasteiger charge is -2.21. The number of carbonyl (C=O) groups is 4. The first kappa shape index (κ1) is 94.5. The van der Waals surface area contributed by atoms with Crippen molar-refractivity contribution in [3.05, 3.63) is 72.9 Å². The van der Waals surface area contributed by atoms with Gasteiger partial charge in [-0.1, -0.05) is 255 Å².